The van der Waals surface area contributed by atoms with Gasteiger partial charge in [-0.15, -0.1) is 0 Å². The first-order valence-electron chi connectivity index (χ1n) is 8.05. The molecule has 3 heterocycles. The van der Waals surface area contributed by atoms with Gasteiger partial charge in [0.15, 0.2) is 0 Å². The average Bonchev–Trinajstić information content (AvgIpc) is 2.71. The van der Waals surface area contributed by atoms with Gasteiger partial charge in [0, 0.05) is 29.7 Å². The molecule has 2 aliphatic heterocycles. The summed E-state index contributed by atoms with van der Waals surface area (Å²) < 4.78 is 11.2. The fraction of sp³-hybridized carbons (Fsp3) is 0.647. The van der Waals surface area contributed by atoms with Crippen molar-refractivity contribution in [3.05, 3.63) is 27.5 Å². The van der Waals surface area contributed by atoms with Crippen molar-refractivity contribution in [1.82, 2.24) is 4.98 Å². The molecular weight excluding hydrogens is 318 g/mol. The third-order valence-corrected chi connectivity index (χ3v) is 5.52. The van der Waals surface area contributed by atoms with Crippen molar-refractivity contribution in [2.45, 2.75) is 51.2 Å². The van der Waals surface area contributed by atoms with E-state index in [1.165, 1.54) is 0 Å². The number of nitrogens with zero attached hydrogens (tertiary/aromatic N) is 1. The Labute approximate surface area is 139 Å². The Balaban J connectivity index is 1.97. The molecule has 1 spiro atoms. The van der Waals surface area contributed by atoms with E-state index >= 15 is 0 Å². The minimum atomic E-state index is -0.718. The van der Waals surface area contributed by atoms with Crippen molar-refractivity contribution in [2.75, 3.05) is 13.2 Å². The molecule has 1 aromatic rings. The highest BCUT2D eigenvalue weighted by atomic mass is 35.5. The van der Waals surface area contributed by atoms with Crippen LogP contribution in [-0.4, -0.2) is 29.3 Å². The average molecular weight is 338 g/mol. The summed E-state index contributed by atoms with van der Waals surface area (Å²) in [5.74, 6) is -0.431. The Bertz CT molecular complexity index is 694. The first-order chi connectivity index (χ1) is 10.8. The number of hydrogen-bond donors (Lipinski definition) is 1. The summed E-state index contributed by atoms with van der Waals surface area (Å²) in [6.07, 6.45) is 1.90. The van der Waals surface area contributed by atoms with Crippen LogP contribution in [0.2, 0.25) is 5.15 Å². The Morgan fingerprint density at radius 3 is 2.70 bits per heavy atom. The quantitative estimate of drug-likeness (QED) is 0.582. The maximum absolute atomic E-state index is 12.4. The number of fused-ring (bicyclic) bond motifs is 4. The van der Waals surface area contributed by atoms with E-state index in [2.05, 4.69) is 18.8 Å². The minimum absolute atomic E-state index is 0.0523. The number of aliphatic hydroxyl groups is 1. The number of aromatic nitrogens is 1. The lowest BCUT2D eigenvalue weighted by atomic mass is 9.71. The maximum atomic E-state index is 12.4. The third-order valence-electron chi connectivity index (χ3n) is 5.24. The number of pyridine rings is 1. The summed E-state index contributed by atoms with van der Waals surface area (Å²) >= 11 is 6.32. The van der Waals surface area contributed by atoms with Crippen LogP contribution in [0, 0.1) is 5.41 Å². The van der Waals surface area contributed by atoms with Gasteiger partial charge in [0.25, 0.3) is 0 Å². The van der Waals surface area contributed by atoms with Crippen LogP contribution in [0.3, 0.4) is 0 Å². The third kappa shape index (κ3) is 2.21. The van der Waals surface area contributed by atoms with Gasteiger partial charge in [-0.2, -0.15) is 0 Å². The fourth-order valence-electron chi connectivity index (χ4n) is 4.25. The number of esters is 1. The van der Waals surface area contributed by atoms with E-state index in [0.717, 1.165) is 23.2 Å². The van der Waals surface area contributed by atoms with Crippen molar-refractivity contribution >= 4 is 17.6 Å². The Morgan fingerprint density at radius 2 is 2.00 bits per heavy atom. The molecule has 23 heavy (non-hydrogen) atoms. The van der Waals surface area contributed by atoms with E-state index < -0.39 is 17.7 Å². The first-order valence-corrected chi connectivity index (χ1v) is 8.43. The summed E-state index contributed by atoms with van der Waals surface area (Å²) in [7, 11) is 0. The van der Waals surface area contributed by atoms with Crippen molar-refractivity contribution < 1.29 is 19.4 Å². The molecule has 124 valence electrons. The van der Waals surface area contributed by atoms with Crippen LogP contribution in [0.15, 0.2) is 0 Å². The Morgan fingerprint density at radius 1 is 1.30 bits per heavy atom. The van der Waals surface area contributed by atoms with Gasteiger partial charge in [-0.05, 0) is 18.3 Å². The van der Waals surface area contributed by atoms with E-state index in [4.69, 9.17) is 21.1 Å². The number of carbonyl (C=O) groups is 1. The highest BCUT2D eigenvalue weighted by Gasteiger charge is 2.52. The highest BCUT2D eigenvalue weighted by molar-refractivity contribution is 6.33. The van der Waals surface area contributed by atoms with Gasteiger partial charge in [0.05, 0.1) is 19.3 Å². The summed E-state index contributed by atoms with van der Waals surface area (Å²) in [4.78, 5) is 16.8. The van der Waals surface area contributed by atoms with Crippen LogP contribution in [0.4, 0.5) is 0 Å². The van der Waals surface area contributed by atoms with Gasteiger partial charge in [-0.3, -0.25) is 0 Å². The topological polar surface area (TPSA) is 68.7 Å². The predicted molar refractivity (Wildman–Crippen MR) is 83.5 cm³/mol. The number of hydrogen-bond acceptors (Lipinski definition) is 5. The van der Waals surface area contributed by atoms with Gasteiger partial charge in [0.2, 0.25) is 0 Å². The molecule has 0 bridgehead atoms. The molecule has 4 rings (SSSR count). The first kappa shape index (κ1) is 15.4. The lowest BCUT2D eigenvalue weighted by Gasteiger charge is -2.39. The molecule has 3 aliphatic rings. The van der Waals surface area contributed by atoms with Crippen LogP contribution >= 0.6 is 11.6 Å². The molecule has 0 aromatic carbocycles. The summed E-state index contributed by atoms with van der Waals surface area (Å²) in [6.45, 7) is 5.27. The molecule has 1 unspecified atom stereocenters. The molecule has 0 saturated carbocycles. The van der Waals surface area contributed by atoms with E-state index in [1.54, 1.807) is 0 Å². The summed E-state index contributed by atoms with van der Waals surface area (Å²) in [6, 6.07) is 0. The lowest BCUT2D eigenvalue weighted by molar-refractivity contribution is -0.0750. The zero-order chi connectivity index (χ0) is 16.4. The number of halogens is 1. The van der Waals surface area contributed by atoms with E-state index in [0.29, 0.717) is 38.0 Å². The molecule has 1 N–H and O–H groups in total. The molecular formula is C17H20ClNO4. The van der Waals surface area contributed by atoms with Crippen LogP contribution < -0.4 is 0 Å². The van der Waals surface area contributed by atoms with Crippen molar-refractivity contribution in [3.63, 3.8) is 0 Å². The standard InChI is InChI=1S/C17H20ClNO4/c1-16(2)7-9-11(10(20)8-16)13-12(14(18)19-9)15(21)23-17(13)3-5-22-6-4-17/h10,20H,3-8H2,1-2H3. The zero-order valence-corrected chi connectivity index (χ0v) is 14.1. The molecule has 1 saturated heterocycles. The monoisotopic (exact) mass is 337 g/mol. The van der Waals surface area contributed by atoms with Gasteiger partial charge < -0.3 is 14.6 Å². The SMILES string of the molecule is CC1(C)Cc2nc(Cl)c3c(c2C(O)C1)C1(CCOCC1)OC3=O. The van der Waals surface area contributed by atoms with Crippen LogP contribution in [0.25, 0.3) is 0 Å². The lowest BCUT2D eigenvalue weighted by Crippen LogP contribution is -2.37. The molecule has 0 radical (unpaired) electrons. The second kappa shape index (κ2) is 4.91. The van der Waals surface area contributed by atoms with Crippen molar-refractivity contribution in [3.8, 4) is 0 Å². The molecule has 1 atom stereocenters. The van der Waals surface area contributed by atoms with E-state index in [-0.39, 0.29) is 10.6 Å². The smallest absolute Gasteiger partial charge is 0.342 e. The zero-order valence-electron chi connectivity index (χ0n) is 13.3. The maximum Gasteiger partial charge on any atom is 0.342 e. The molecule has 1 aromatic heterocycles. The van der Waals surface area contributed by atoms with Gasteiger partial charge in [-0.25, -0.2) is 9.78 Å². The molecule has 1 fully saturated rings. The van der Waals surface area contributed by atoms with E-state index in [9.17, 15) is 9.90 Å². The Hall–Kier alpha value is -1.17. The number of rotatable bonds is 0. The van der Waals surface area contributed by atoms with Gasteiger partial charge in [-0.1, -0.05) is 25.4 Å². The highest BCUT2D eigenvalue weighted by Crippen LogP contribution is 2.52. The summed E-state index contributed by atoms with van der Waals surface area (Å²) in [5, 5.41) is 11.0. The fourth-order valence-corrected chi connectivity index (χ4v) is 4.53. The second-order valence-electron chi connectivity index (χ2n) is 7.57. The van der Waals surface area contributed by atoms with E-state index in [1.807, 2.05) is 0 Å². The summed E-state index contributed by atoms with van der Waals surface area (Å²) in [5.41, 5.74) is 1.89. The van der Waals surface area contributed by atoms with Crippen molar-refractivity contribution in [2.24, 2.45) is 5.41 Å². The largest absolute Gasteiger partial charge is 0.450 e. The van der Waals surface area contributed by atoms with Gasteiger partial charge in [0.1, 0.15) is 16.3 Å². The predicted octanol–water partition coefficient (Wildman–Crippen LogP) is 2.92. The normalized spacial score (nSPS) is 27.5. The number of carbonyl (C=O) groups excluding carboxylic acids is 1. The van der Waals surface area contributed by atoms with Crippen molar-refractivity contribution in [1.29, 1.82) is 0 Å². The molecule has 1 aliphatic carbocycles. The Kier molecular flexibility index (Phi) is 3.28. The van der Waals surface area contributed by atoms with Gasteiger partial charge >= 0.3 is 5.97 Å². The number of aliphatic hydroxyl groups excluding tert-OH is 1. The number of ether oxygens (including phenoxy) is 2. The van der Waals surface area contributed by atoms with Crippen LogP contribution in [0.5, 0.6) is 0 Å². The second-order valence-corrected chi connectivity index (χ2v) is 7.93. The minimum Gasteiger partial charge on any atom is -0.450 e. The molecule has 6 heteroatoms. The van der Waals surface area contributed by atoms with Crippen LogP contribution in [-0.2, 0) is 21.5 Å². The molecule has 5 nitrogen and oxygen atoms in total. The van der Waals surface area contributed by atoms with Crippen LogP contribution in [0.1, 0.15) is 66.4 Å². The molecule has 0 amide bonds.